The molecule has 0 aliphatic carbocycles. The van der Waals surface area contributed by atoms with Crippen LogP contribution in [0.3, 0.4) is 0 Å². The summed E-state index contributed by atoms with van der Waals surface area (Å²) in [6, 6.07) is 17.3. The molecule has 34 heavy (non-hydrogen) atoms. The van der Waals surface area contributed by atoms with Gasteiger partial charge in [-0.1, -0.05) is 6.07 Å². The van der Waals surface area contributed by atoms with E-state index in [4.69, 9.17) is 9.47 Å². The lowest BCUT2D eigenvalue weighted by Gasteiger charge is -2.20. The molecule has 3 aromatic carbocycles. The van der Waals surface area contributed by atoms with Gasteiger partial charge in [-0.05, 0) is 80.1 Å². The van der Waals surface area contributed by atoms with Crippen molar-refractivity contribution >= 4 is 33.3 Å². The summed E-state index contributed by atoms with van der Waals surface area (Å²) in [5, 5.41) is 2.79. The molecule has 0 saturated carbocycles. The zero-order valence-corrected chi connectivity index (χ0v) is 20.2. The molecule has 3 aromatic rings. The fraction of sp³-hybridized carbons (Fsp3) is 0.200. The van der Waals surface area contributed by atoms with Crippen molar-refractivity contribution in [3.63, 3.8) is 0 Å². The second-order valence-corrected chi connectivity index (χ2v) is 9.32. The van der Waals surface area contributed by atoms with E-state index in [1.165, 1.54) is 38.4 Å². The Morgan fingerprint density at radius 1 is 0.971 bits per heavy atom. The summed E-state index contributed by atoms with van der Waals surface area (Å²) in [6.07, 6.45) is 0. The highest BCUT2D eigenvalue weighted by atomic mass is 32.2. The average molecular weight is 483 g/mol. The lowest BCUT2D eigenvalue weighted by Crippen LogP contribution is -2.26. The van der Waals surface area contributed by atoms with Gasteiger partial charge in [0, 0.05) is 18.3 Å². The summed E-state index contributed by atoms with van der Waals surface area (Å²) < 4.78 is 37.1. The smallest absolute Gasteiger partial charge is 0.338 e. The normalized spacial score (nSPS) is 10.9. The molecule has 0 heterocycles. The minimum atomic E-state index is -3.79. The lowest BCUT2D eigenvalue weighted by molar-refractivity contribution is 0.0525. The molecule has 0 saturated heterocycles. The summed E-state index contributed by atoms with van der Waals surface area (Å²) in [4.78, 5) is 25.0. The molecule has 9 heteroatoms. The minimum Gasteiger partial charge on any atom is -0.497 e. The molecular weight excluding hydrogens is 456 g/mol. The number of amides is 1. The van der Waals surface area contributed by atoms with Crippen LogP contribution in [0.1, 0.15) is 33.2 Å². The van der Waals surface area contributed by atoms with Gasteiger partial charge in [-0.25, -0.2) is 13.2 Å². The van der Waals surface area contributed by atoms with Gasteiger partial charge in [0.15, 0.2) is 0 Å². The second kappa shape index (κ2) is 10.4. The predicted molar refractivity (Wildman–Crippen MR) is 130 cm³/mol. The van der Waals surface area contributed by atoms with Crippen LogP contribution < -0.4 is 14.4 Å². The van der Waals surface area contributed by atoms with Crippen molar-refractivity contribution in [3.8, 4) is 5.75 Å². The van der Waals surface area contributed by atoms with Crippen molar-refractivity contribution in [2.24, 2.45) is 0 Å². The number of esters is 1. The third kappa shape index (κ3) is 5.20. The number of nitrogens with one attached hydrogen (secondary N) is 1. The van der Waals surface area contributed by atoms with Crippen LogP contribution in [-0.2, 0) is 14.8 Å². The van der Waals surface area contributed by atoms with Gasteiger partial charge in [0.25, 0.3) is 15.9 Å². The summed E-state index contributed by atoms with van der Waals surface area (Å²) in [5.74, 6) is -0.294. The Balaban J connectivity index is 1.77. The standard InChI is InChI=1S/C25H26N2O6S/c1-5-33-25(29)22-7-6-8-23(17(22)2)26-24(28)18-9-11-19(12-10-18)27(3)34(30,31)21-15-13-20(32-4)14-16-21/h6-16H,5H2,1-4H3,(H,26,28). The molecule has 0 bridgehead atoms. The first-order chi connectivity index (χ1) is 16.2. The van der Waals surface area contributed by atoms with Gasteiger partial charge in [0.2, 0.25) is 0 Å². The van der Waals surface area contributed by atoms with Gasteiger partial charge in [-0.2, -0.15) is 0 Å². The number of ether oxygens (including phenoxy) is 2. The van der Waals surface area contributed by atoms with E-state index in [0.717, 1.165) is 4.31 Å². The monoisotopic (exact) mass is 482 g/mol. The fourth-order valence-electron chi connectivity index (χ4n) is 3.26. The van der Waals surface area contributed by atoms with Crippen molar-refractivity contribution < 1.29 is 27.5 Å². The van der Waals surface area contributed by atoms with Crippen LogP contribution in [0, 0.1) is 6.92 Å². The highest BCUT2D eigenvalue weighted by molar-refractivity contribution is 7.92. The van der Waals surface area contributed by atoms with Crippen LogP contribution in [0.15, 0.2) is 71.6 Å². The first kappa shape index (κ1) is 24.8. The van der Waals surface area contributed by atoms with Gasteiger partial charge in [-0.15, -0.1) is 0 Å². The fourth-order valence-corrected chi connectivity index (χ4v) is 4.46. The van der Waals surface area contributed by atoms with Crippen molar-refractivity contribution in [2.75, 3.05) is 30.4 Å². The van der Waals surface area contributed by atoms with Crippen LogP contribution in [0.4, 0.5) is 11.4 Å². The van der Waals surface area contributed by atoms with Crippen LogP contribution in [0.2, 0.25) is 0 Å². The van der Waals surface area contributed by atoms with Gasteiger partial charge in [-0.3, -0.25) is 9.10 Å². The van der Waals surface area contributed by atoms with E-state index >= 15 is 0 Å². The SMILES string of the molecule is CCOC(=O)c1cccc(NC(=O)c2ccc(N(C)S(=O)(=O)c3ccc(OC)cc3)cc2)c1C. The van der Waals surface area contributed by atoms with Crippen LogP contribution in [0.5, 0.6) is 5.75 Å². The highest BCUT2D eigenvalue weighted by Gasteiger charge is 2.22. The number of nitrogens with zero attached hydrogens (tertiary/aromatic N) is 1. The minimum absolute atomic E-state index is 0.120. The Morgan fingerprint density at radius 2 is 1.62 bits per heavy atom. The maximum absolute atomic E-state index is 12.9. The van der Waals surface area contributed by atoms with Crippen LogP contribution in [0.25, 0.3) is 0 Å². The molecule has 0 radical (unpaired) electrons. The molecule has 8 nitrogen and oxygen atoms in total. The molecule has 0 fully saturated rings. The third-order valence-electron chi connectivity index (χ3n) is 5.29. The predicted octanol–water partition coefficient (Wildman–Crippen LogP) is 4.26. The first-order valence-corrected chi connectivity index (χ1v) is 11.9. The van der Waals surface area contributed by atoms with Gasteiger partial charge in [0.05, 0.1) is 29.9 Å². The van der Waals surface area contributed by atoms with E-state index in [1.54, 1.807) is 56.3 Å². The summed E-state index contributed by atoms with van der Waals surface area (Å²) in [7, 11) is -0.840. The summed E-state index contributed by atoms with van der Waals surface area (Å²) in [5.41, 5.74) is 2.18. The van der Waals surface area contributed by atoms with Gasteiger partial charge >= 0.3 is 5.97 Å². The molecule has 1 N–H and O–H groups in total. The number of benzene rings is 3. The molecule has 1 amide bonds. The average Bonchev–Trinajstić information content (AvgIpc) is 2.85. The quantitative estimate of drug-likeness (QED) is 0.482. The number of hydrogen-bond donors (Lipinski definition) is 1. The Morgan fingerprint density at radius 3 is 2.21 bits per heavy atom. The Bertz CT molecular complexity index is 1290. The maximum Gasteiger partial charge on any atom is 0.338 e. The summed E-state index contributed by atoms with van der Waals surface area (Å²) in [6.45, 7) is 3.70. The molecule has 0 aliphatic rings. The van der Waals surface area contributed by atoms with E-state index in [2.05, 4.69) is 5.32 Å². The number of anilines is 2. The molecule has 0 spiro atoms. The maximum atomic E-state index is 12.9. The van der Waals surface area contributed by atoms with E-state index in [1.807, 2.05) is 0 Å². The zero-order chi connectivity index (χ0) is 24.9. The molecule has 178 valence electrons. The number of rotatable bonds is 8. The van der Waals surface area contributed by atoms with Gasteiger partial charge in [0.1, 0.15) is 5.75 Å². The Hall–Kier alpha value is -3.85. The molecule has 0 atom stereocenters. The van der Waals surface area contributed by atoms with Crippen molar-refractivity contribution in [1.82, 2.24) is 0 Å². The molecule has 3 rings (SSSR count). The lowest BCUT2D eigenvalue weighted by atomic mass is 10.1. The number of sulfonamides is 1. The molecule has 0 aromatic heterocycles. The van der Waals surface area contributed by atoms with Crippen molar-refractivity contribution in [2.45, 2.75) is 18.7 Å². The molecule has 0 unspecified atom stereocenters. The van der Waals surface area contributed by atoms with E-state index in [0.29, 0.717) is 33.8 Å². The molecular formula is C25H26N2O6S. The van der Waals surface area contributed by atoms with Gasteiger partial charge < -0.3 is 14.8 Å². The number of carbonyl (C=O) groups is 2. The van der Waals surface area contributed by atoms with Crippen molar-refractivity contribution in [1.29, 1.82) is 0 Å². The second-order valence-electron chi connectivity index (χ2n) is 7.35. The van der Waals surface area contributed by atoms with E-state index in [-0.39, 0.29) is 11.5 Å². The first-order valence-electron chi connectivity index (χ1n) is 10.5. The topological polar surface area (TPSA) is 102 Å². The van der Waals surface area contributed by atoms with E-state index < -0.39 is 21.9 Å². The number of hydrogen-bond acceptors (Lipinski definition) is 6. The zero-order valence-electron chi connectivity index (χ0n) is 19.4. The largest absolute Gasteiger partial charge is 0.497 e. The Labute approximate surface area is 199 Å². The number of methoxy groups -OCH3 is 1. The summed E-state index contributed by atoms with van der Waals surface area (Å²) >= 11 is 0. The van der Waals surface area contributed by atoms with Crippen LogP contribution in [-0.4, -0.2) is 41.1 Å². The van der Waals surface area contributed by atoms with Crippen molar-refractivity contribution in [3.05, 3.63) is 83.4 Å². The Kier molecular flexibility index (Phi) is 7.57. The van der Waals surface area contributed by atoms with E-state index in [9.17, 15) is 18.0 Å². The highest BCUT2D eigenvalue weighted by Crippen LogP contribution is 2.25. The van der Waals surface area contributed by atoms with Crippen LogP contribution >= 0.6 is 0 Å². The molecule has 0 aliphatic heterocycles. The third-order valence-corrected chi connectivity index (χ3v) is 7.09. The number of carbonyl (C=O) groups excluding carboxylic acids is 2.